The van der Waals surface area contributed by atoms with Crippen LogP contribution in [0, 0.1) is 0 Å². The molecule has 0 aliphatic carbocycles. The van der Waals surface area contributed by atoms with Crippen LogP contribution in [0.3, 0.4) is 0 Å². The SMILES string of the molecule is CCCCCCCC/C=C\CCCCCCCC(=O)NCCNC(C)=O. The van der Waals surface area contributed by atoms with E-state index in [1.165, 1.54) is 77.6 Å². The van der Waals surface area contributed by atoms with Gasteiger partial charge in [0.1, 0.15) is 0 Å². The molecule has 0 aliphatic heterocycles. The summed E-state index contributed by atoms with van der Waals surface area (Å²) in [7, 11) is 0. The lowest BCUT2D eigenvalue weighted by molar-refractivity contribution is -0.122. The van der Waals surface area contributed by atoms with E-state index in [1.54, 1.807) is 0 Å². The summed E-state index contributed by atoms with van der Waals surface area (Å²) in [6.07, 6.45) is 21.8. The fraction of sp³-hybridized carbons (Fsp3) is 0.818. The van der Waals surface area contributed by atoms with Crippen molar-refractivity contribution in [3.8, 4) is 0 Å². The summed E-state index contributed by atoms with van der Waals surface area (Å²) in [5.74, 6) is 0.0319. The van der Waals surface area contributed by atoms with Crippen LogP contribution in [-0.4, -0.2) is 24.9 Å². The van der Waals surface area contributed by atoms with Gasteiger partial charge in [0.2, 0.25) is 11.8 Å². The van der Waals surface area contributed by atoms with Crippen molar-refractivity contribution in [3.63, 3.8) is 0 Å². The van der Waals surface area contributed by atoms with Crippen LogP contribution in [0.1, 0.15) is 104 Å². The number of hydrogen-bond acceptors (Lipinski definition) is 2. The molecule has 4 heteroatoms. The van der Waals surface area contributed by atoms with Crippen LogP contribution in [0.5, 0.6) is 0 Å². The average Bonchev–Trinajstić information content (AvgIpc) is 2.62. The average molecular weight is 367 g/mol. The molecule has 0 aromatic heterocycles. The minimum absolute atomic E-state index is 0.0588. The largest absolute Gasteiger partial charge is 0.355 e. The van der Waals surface area contributed by atoms with E-state index >= 15 is 0 Å². The lowest BCUT2D eigenvalue weighted by atomic mass is 10.1. The maximum absolute atomic E-state index is 11.6. The van der Waals surface area contributed by atoms with Crippen molar-refractivity contribution in [1.82, 2.24) is 10.6 Å². The molecule has 26 heavy (non-hydrogen) atoms. The zero-order chi connectivity index (χ0) is 19.3. The van der Waals surface area contributed by atoms with Crippen molar-refractivity contribution >= 4 is 11.8 Å². The number of hydrogen-bond donors (Lipinski definition) is 2. The Morgan fingerprint density at radius 3 is 1.77 bits per heavy atom. The molecule has 0 unspecified atom stereocenters. The van der Waals surface area contributed by atoms with E-state index in [0.29, 0.717) is 19.5 Å². The highest BCUT2D eigenvalue weighted by atomic mass is 16.2. The number of nitrogens with one attached hydrogen (secondary N) is 2. The summed E-state index contributed by atoms with van der Waals surface area (Å²) < 4.78 is 0. The molecule has 0 aromatic rings. The summed E-state index contributed by atoms with van der Waals surface area (Å²) in [5.41, 5.74) is 0. The van der Waals surface area contributed by atoms with E-state index in [0.717, 1.165) is 12.8 Å². The fourth-order valence-corrected chi connectivity index (χ4v) is 2.89. The minimum Gasteiger partial charge on any atom is -0.355 e. The molecule has 2 amide bonds. The van der Waals surface area contributed by atoms with Gasteiger partial charge in [0.05, 0.1) is 0 Å². The predicted molar refractivity (Wildman–Crippen MR) is 111 cm³/mol. The Hall–Kier alpha value is -1.32. The Labute approximate surface area is 161 Å². The summed E-state index contributed by atoms with van der Waals surface area (Å²) in [5, 5.41) is 5.49. The van der Waals surface area contributed by atoms with Crippen LogP contribution in [0.4, 0.5) is 0 Å². The highest BCUT2D eigenvalue weighted by Gasteiger charge is 2.00. The first-order valence-electron chi connectivity index (χ1n) is 10.8. The van der Waals surface area contributed by atoms with E-state index < -0.39 is 0 Å². The van der Waals surface area contributed by atoms with Crippen molar-refractivity contribution in [1.29, 1.82) is 0 Å². The number of carbonyl (C=O) groups is 2. The number of rotatable bonds is 18. The highest BCUT2D eigenvalue weighted by molar-refractivity contribution is 5.76. The molecule has 152 valence electrons. The Balaban J connectivity index is 3.22. The molecule has 2 N–H and O–H groups in total. The number of allylic oxidation sites excluding steroid dienone is 2. The number of amides is 2. The van der Waals surface area contributed by atoms with Crippen molar-refractivity contribution in [3.05, 3.63) is 12.2 Å². The maximum atomic E-state index is 11.6. The summed E-state index contributed by atoms with van der Waals surface area (Å²) in [4.78, 5) is 22.3. The molecule has 0 atom stereocenters. The third kappa shape index (κ3) is 20.7. The molecule has 0 saturated heterocycles. The van der Waals surface area contributed by atoms with Crippen LogP contribution in [-0.2, 0) is 9.59 Å². The second kappa shape index (κ2) is 20.0. The van der Waals surface area contributed by atoms with Gasteiger partial charge in [-0.25, -0.2) is 0 Å². The summed E-state index contributed by atoms with van der Waals surface area (Å²) in [6.45, 7) is 4.77. The fourth-order valence-electron chi connectivity index (χ4n) is 2.89. The van der Waals surface area contributed by atoms with Crippen molar-refractivity contribution in [2.24, 2.45) is 0 Å². The van der Waals surface area contributed by atoms with E-state index in [4.69, 9.17) is 0 Å². The maximum Gasteiger partial charge on any atom is 0.220 e. The second-order valence-electron chi connectivity index (χ2n) is 7.17. The molecule has 0 rings (SSSR count). The van der Waals surface area contributed by atoms with E-state index in [2.05, 4.69) is 29.7 Å². The van der Waals surface area contributed by atoms with Gasteiger partial charge in [-0.3, -0.25) is 9.59 Å². The molecular formula is C22H42N2O2. The van der Waals surface area contributed by atoms with Gasteiger partial charge in [-0.05, 0) is 32.1 Å². The molecule has 0 aromatic carbocycles. The van der Waals surface area contributed by atoms with E-state index in [1.807, 2.05) is 0 Å². The van der Waals surface area contributed by atoms with Crippen LogP contribution in [0.2, 0.25) is 0 Å². The molecule has 0 aliphatic rings. The van der Waals surface area contributed by atoms with Crippen molar-refractivity contribution < 1.29 is 9.59 Å². The molecule has 4 nitrogen and oxygen atoms in total. The Bertz CT molecular complexity index is 367. The zero-order valence-electron chi connectivity index (χ0n) is 17.3. The molecule has 0 saturated carbocycles. The van der Waals surface area contributed by atoms with Crippen LogP contribution >= 0.6 is 0 Å². The third-order valence-electron chi connectivity index (χ3n) is 4.49. The Morgan fingerprint density at radius 2 is 1.19 bits per heavy atom. The lowest BCUT2D eigenvalue weighted by Crippen LogP contribution is -2.33. The molecule has 0 radical (unpaired) electrons. The monoisotopic (exact) mass is 366 g/mol. The first kappa shape index (κ1) is 24.7. The van der Waals surface area contributed by atoms with Crippen molar-refractivity contribution in [2.75, 3.05) is 13.1 Å². The highest BCUT2D eigenvalue weighted by Crippen LogP contribution is 2.09. The van der Waals surface area contributed by atoms with Gasteiger partial charge in [0, 0.05) is 26.4 Å². The lowest BCUT2D eigenvalue weighted by Gasteiger charge is -2.05. The quantitative estimate of drug-likeness (QED) is 0.256. The summed E-state index contributed by atoms with van der Waals surface area (Å²) in [6, 6.07) is 0. The topological polar surface area (TPSA) is 58.2 Å². The Morgan fingerprint density at radius 1 is 0.692 bits per heavy atom. The normalized spacial score (nSPS) is 11.0. The van der Waals surface area contributed by atoms with Crippen LogP contribution < -0.4 is 10.6 Å². The smallest absolute Gasteiger partial charge is 0.220 e. The molecule has 0 heterocycles. The van der Waals surface area contributed by atoms with Gasteiger partial charge in [0.25, 0.3) is 0 Å². The molecular weight excluding hydrogens is 324 g/mol. The molecule has 0 bridgehead atoms. The van der Waals surface area contributed by atoms with Gasteiger partial charge < -0.3 is 10.6 Å². The second-order valence-corrected chi connectivity index (χ2v) is 7.17. The van der Waals surface area contributed by atoms with Gasteiger partial charge >= 0.3 is 0 Å². The Kier molecular flexibility index (Phi) is 19.0. The molecule has 0 fully saturated rings. The van der Waals surface area contributed by atoms with Gasteiger partial charge in [-0.15, -0.1) is 0 Å². The predicted octanol–water partition coefficient (Wildman–Crippen LogP) is 5.28. The minimum atomic E-state index is -0.0588. The van der Waals surface area contributed by atoms with Gasteiger partial charge in [-0.2, -0.15) is 0 Å². The first-order valence-corrected chi connectivity index (χ1v) is 10.8. The third-order valence-corrected chi connectivity index (χ3v) is 4.49. The van der Waals surface area contributed by atoms with Crippen LogP contribution in [0.25, 0.3) is 0 Å². The van der Waals surface area contributed by atoms with Gasteiger partial charge in [0.15, 0.2) is 0 Å². The van der Waals surface area contributed by atoms with Gasteiger partial charge in [-0.1, -0.05) is 70.4 Å². The first-order chi connectivity index (χ1) is 12.7. The van der Waals surface area contributed by atoms with Crippen LogP contribution in [0.15, 0.2) is 12.2 Å². The number of unbranched alkanes of at least 4 members (excludes halogenated alkanes) is 11. The van der Waals surface area contributed by atoms with Crippen molar-refractivity contribution in [2.45, 2.75) is 104 Å². The standard InChI is InChI=1S/C22H42N2O2/c1-3-4-5-6-7-8-9-10-11-12-13-14-15-16-17-18-22(26)24-20-19-23-21(2)25/h10-11H,3-9,12-20H2,1-2H3,(H,23,25)(H,24,26)/b11-10-. The van der Waals surface area contributed by atoms with E-state index in [-0.39, 0.29) is 11.8 Å². The van der Waals surface area contributed by atoms with E-state index in [9.17, 15) is 9.59 Å². The zero-order valence-corrected chi connectivity index (χ0v) is 17.3. The summed E-state index contributed by atoms with van der Waals surface area (Å²) >= 11 is 0. The molecule has 0 spiro atoms. The number of carbonyl (C=O) groups excluding carboxylic acids is 2.